The Morgan fingerprint density at radius 1 is 1.12 bits per heavy atom. The van der Waals surface area contributed by atoms with E-state index in [2.05, 4.69) is 10.5 Å². The largest absolute Gasteiger partial charge is 0.494 e. The van der Waals surface area contributed by atoms with Gasteiger partial charge in [0.1, 0.15) is 17.3 Å². The van der Waals surface area contributed by atoms with Crippen LogP contribution in [0.1, 0.15) is 29.8 Å². The number of rotatable bonds is 7. The van der Waals surface area contributed by atoms with Gasteiger partial charge in [0.15, 0.2) is 0 Å². The Balaban J connectivity index is 2.07. The van der Waals surface area contributed by atoms with E-state index in [4.69, 9.17) is 9.47 Å². The zero-order valence-electron chi connectivity index (χ0n) is 13.6. The van der Waals surface area contributed by atoms with Crippen molar-refractivity contribution >= 4 is 12.1 Å². The molecule has 0 bridgehead atoms. The van der Waals surface area contributed by atoms with E-state index in [1.807, 2.05) is 13.8 Å². The number of hydrogen-bond donors (Lipinski definition) is 1. The number of hydrogen-bond acceptors (Lipinski definition) is 4. The fraction of sp³-hybridized carbons (Fsp3) is 0.222. The third-order valence-electron chi connectivity index (χ3n) is 3.07. The lowest BCUT2D eigenvalue weighted by Gasteiger charge is -2.10. The first-order valence-electron chi connectivity index (χ1n) is 7.62. The summed E-state index contributed by atoms with van der Waals surface area (Å²) in [4.78, 5) is 11.9. The van der Waals surface area contributed by atoms with E-state index >= 15 is 0 Å². The summed E-state index contributed by atoms with van der Waals surface area (Å²) in [5, 5.41) is 3.92. The lowest BCUT2D eigenvalue weighted by atomic mass is 10.2. The van der Waals surface area contributed by atoms with Gasteiger partial charge in [-0.25, -0.2) is 9.82 Å². The number of carbonyl (C=O) groups excluding carboxylic acids is 1. The van der Waals surface area contributed by atoms with Gasteiger partial charge in [0.2, 0.25) is 0 Å². The highest BCUT2D eigenvalue weighted by molar-refractivity contribution is 5.95. The molecule has 2 aromatic rings. The Labute approximate surface area is 140 Å². The molecule has 0 saturated heterocycles. The van der Waals surface area contributed by atoms with E-state index in [0.29, 0.717) is 35.8 Å². The fourth-order valence-corrected chi connectivity index (χ4v) is 1.98. The van der Waals surface area contributed by atoms with Crippen LogP contribution in [0.5, 0.6) is 11.5 Å². The van der Waals surface area contributed by atoms with Crippen molar-refractivity contribution in [3.8, 4) is 11.5 Å². The summed E-state index contributed by atoms with van der Waals surface area (Å²) in [7, 11) is 0. The van der Waals surface area contributed by atoms with Crippen molar-refractivity contribution < 1.29 is 18.7 Å². The van der Waals surface area contributed by atoms with E-state index in [-0.39, 0.29) is 0 Å². The van der Waals surface area contributed by atoms with Gasteiger partial charge in [-0.1, -0.05) is 0 Å². The molecule has 1 amide bonds. The Kier molecular flexibility index (Phi) is 6.31. The number of halogens is 1. The highest BCUT2D eigenvalue weighted by atomic mass is 19.1. The molecule has 0 radical (unpaired) electrons. The molecule has 126 valence electrons. The summed E-state index contributed by atoms with van der Waals surface area (Å²) < 4.78 is 23.8. The van der Waals surface area contributed by atoms with Crippen LogP contribution >= 0.6 is 0 Å². The van der Waals surface area contributed by atoms with Gasteiger partial charge >= 0.3 is 0 Å². The van der Waals surface area contributed by atoms with Crippen LogP contribution < -0.4 is 14.9 Å². The standard InChI is InChI=1S/C18H19FN2O3/c1-3-23-16-10-7-14(17(11-16)24-4-2)12-20-21-18(22)13-5-8-15(19)9-6-13/h5-12H,3-4H2,1-2H3,(H,21,22). The molecule has 0 aliphatic rings. The Bertz CT molecular complexity index is 715. The number of nitrogens with zero attached hydrogens (tertiary/aromatic N) is 1. The highest BCUT2D eigenvalue weighted by Crippen LogP contribution is 2.23. The van der Waals surface area contributed by atoms with Crippen LogP contribution in [-0.2, 0) is 0 Å². The van der Waals surface area contributed by atoms with Gasteiger partial charge in [-0.2, -0.15) is 5.10 Å². The third-order valence-corrected chi connectivity index (χ3v) is 3.07. The number of benzene rings is 2. The minimum Gasteiger partial charge on any atom is -0.494 e. The van der Waals surface area contributed by atoms with Crippen molar-refractivity contribution in [1.82, 2.24) is 5.43 Å². The van der Waals surface area contributed by atoms with Gasteiger partial charge < -0.3 is 9.47 Å². The lowest BCUT2D eigenvalue weighted by molar-refractivity contribution is 0.0955. The molecule has 5 nitrogen and oxygen atoms in total. The Morgan fingerprint density at radius 3 is 2.50 bits per heavy atom. The van der Waals surface area contributed by atoms with Gasteiger partial charge in [-0.05, 0) is 50.2 Å². The second-order valence-corrected chi connectivity index (χ2v) is 4.77. The maximum Gasteiger partial charge on any atom is 0.271 e. The van der Waals surface area contributed by atoms with Crippen LogP contribution in [0.25, 0.3) is 0 Å². The SMILES string of the molecule is CCOc1ccc(C=NNC(=O)c2ccc(F)cc2)c(OCC)c1. The van der Waals surface area contributed by atoms with Crippen LogP contribution in [0.3, 0.4) is 0 Å². The maximum absolute atomic E-state index is 12.8. The number of carbonyl (C=O) groups is 1. The minimum atomic E-state index is -0.421. The smallest absolute Gasteiger partial charge is 0.271 e. The van der Waals surface area contributed by atoms with Crippen molar-refractivity contribution in [2.45, 2.75) is 13.8 Å². The molecule has 0 aliphatic heterocycles. The van der Waals surface area contributed by atoms with Crippen molar-refractivity contribution in [1.29, 1.82) is 0 Å². The molecule has 2 rings (SSSR count). The number of nitrogens with one attached hydrogen (secondary N) is 1. The molecule has 0 fully saturated rings. The number of ether oxygens (including phenoxy) is 2. The molecular weight excluding hydrogens is 311 g/mol. The molecule has 2 aromatic carbocycles. The average Bonchev–Trinajstić information content (AvgIpc) is 2.58. The van der Waals surface area contributed by atoms with E-state index in [1.54, 1.807) is 18.2 Å². The predicted molar refractivity (Wildman–Crippen MR) is 90.2 cm³/mol. The first kappa shape index (κ1) is 17.5. The molecule has 0 aliphatic carbocycles. The molecule has 1 N–H and O–H groups in total. The summed E-state index contributed by atoms with van der Waals surface area (Å²) in [6, 6.07) is 10.6. The fourth-order valence-electron chi connectivity index (χ4n) is 1.98. The number of amides is 1. The average molecular weight is 330 g/mol. The predicted octanol–water partition coefficient (Wildman–Crippen LogP) is 3.39. The van der Waals surface area contributed by atoms with Gasteiger partial charge in [0.05, 0.1) is 19.4 Å². The Hall–Kier alpha value is -2.89. The van der Waals surface area contributed by atoms with Crippen molar-refractivity contribution in [2.75, 3.05) is 13.2 Å². The number of hydrazone groups is 1. The van der Waals surface area contributed by atoms with Crippen LogP contribution in [0.15, 0.2) is 47.6 Å². The van der Waals surface area contributed by atoms with Gasteiger partial charge in [0.25, 0.3) is 5.91 Å². The molecule has 0 spiro atoms. The van der Waals surface area contributed by atoms with E-state index < -0.39 is 11.7 Å². The van der Waals surface area contributed by atoms with Gasteiger partial charge in [0, 0.05) is 17.2 Å². The molecular formula is C18H19FN2O3. The summed E-state index contributed by atoms with van der Waals surface area (Å²) in [5.74, 6) is 0.498. The van der Waals surface area contributed by atoms with Crippen LogP contribution in [0, 0.1) is 5.82 Å². The van der Waals surface area contributed by atoms with E-state index in [0.717, 1.165) is 0 Å². The second kappa shape index (κ2) is 8.67. The molecule has 0 saturated carbocycles. The summed E-state index contributed by atoms with van der Waals surface area (Å²) >= 11 is 0. The van der Waals surface area contributed by atoms with Gasteiger partial charge in [-0.15, -0.1) is 0 Å². The topological polar surface area (TPSA) is 59.9 Å². The summed E-state index contributed by atoms with van der Waals surface area (Å²) in [5.41, 5.74) is 3.43. The first-order valence-corrected chi connectivity index (χ1v) is 7.62. The summed E-state index contributed by atoms with van der Waals surface area (Å²) in [6.07, 6.45) is 1.49. The molecule has 0 unspecified atom stereocenters. The van der Waals surface area contributed by atoms with Crippen LogP contribution in [0.2, 0.25) is 0 Å². The zero-order valence-corrected chi connectivity index (χ0v) is 13.6. The van der Waals surface area contributed by atoms with E-state index in [1.165, 1.54) is 30.5 Å². The van der Waals surface area contributed by atoms with Crippen molar-refractivity contribution in [3.05, 3.63) is 59.4 Å². The van der Waals surface area contributed by atoms with Gasteiger partial charge in [-0.3, -0.25) is 4.79 Å². The van der Waals surface area contributed by atoms with Crippen LogP contribution in [0.4, 0.5) is 4.39 Å². The molecule has 0 aromatic heterocycles. The molecule has 6 heteroatoms. The zero-order chi connectivity index (χ0) is 17.4. The second-order valence-electron chi connectivity index (χ2n) is 4.77. The molecule has 24 heavy (non-hydrogen) atoms. The Morgan fingerprint density at radius 2 is 1.83 bits per heavy atom. The van der Waals surface area contributed by atoms with Crippen molar-refractivity contribution in [3.63, 3.8) is 0 Å². The molecule has 0 heterocycles. The first-order chi connectivity index (χ1) is 11.6. The summed E-state index contributed by atoms with van der Waals surface area (Å²) in [6.45, 7) is 4.84. The van der Waals surface area contributed by atoms with Crippen molar-refractivity contribution in [2.24, 2.45) is 5.10 Å². The minimum absolute atomic E-state index is 0.324. The van der Waals surface area contributed by atoms with E-state index in [9.17, 15) is 9.18 Å². The van der Waals surface area contributed by atoms with Crippen LogP contribution in [-0.4, -0.2) is 25.3 Å². The highest BCUT2D eigenvalue weighted by Gasteiger charge is 2.06. The molecule has 0 atom stereocenters. The third kappa shape index (κ3) is 4.81. The lowest BCUT2D eigenvalue weighted by Crippen LogP contribution is -2.17. The monoisotopic (exact) mass is 330 g/mol. The quantitative estimate of drug-likeness (QED) is 0.625. The normalized spacial score (nSPS) is 10.6. The maximum atomic E-state index is 12.8.